The maximum atomic E-state index is 14.6. The Morgan fingerprint density at radius 2 is 1.90 bits per heavy atom. The second-order valence-corrected chi connectivity index (χ2v) is 7.18. The molecule has 4 aromatic rings. The topological polar surface area (TPSA) is 81.7 Å². The van der Waals surface area contributed by atoms with E-state index in [0.717, 1.165) is 6.54 Å². The van der Waals surface area contributed by atoms with Gasteiger partial charge < -0.3 is 11.1 Å². The summed E-state index contributed by atoms with van der Waals surface area (Å²) in [5.41, 5.74) is 7.77. The number of anilines is 2. The lowest BCUT2D eigenvalue weighted by molar-refractivity contribution is 0.625. The minimum absolute atomic E-state index is 0.220. The number of nitrogen functional groups attached to an aromatic ring is 1. The van der Waals surface area contributed by atoms with Crippen molar-refractivity contribution in [1.29, 1.82) is 0 Å². The SMILES string of the molecule is Nc1c2c(-c3ccccc3F)nc(NCC3CC3)nc2nn1-c1cccc(F)c1. The van der Waals surface area contributed by atoms with E-state index >= 15 is 0 Å². The normalized spacial score (nSPS) is 13.7. The van der Waals surface area contributed by atoms with Gasteiger partial charge in [-0.15, -0.1) is 5.10 Å². The molecule has 0 aliphatic heterocycles. The Bertz CT molecular complexity index is 1220. The molecule has 0 bridgehead atoms. The molecule has 1 aliphatic rings. The van der Waals surface area contributed by atoms with Crippen molar-refractivity contribution in [2.24, 2.45) is 5.92 Å². The maximum absolute atomic E-state index is 14.6. The largest absolute Gasteiger partial charge is 0.383 e. The summed E-state index contributed by atoms with van der Waals surface area (Å²) >= 11 is 0. The van der Waals surface area contributed by atoms with Gasteiger partial charge in [0.15, 0.2) is 5.65 Å². The molecule has 0 saturated heterocycles. The summed E-state index contributed by atoms with van der Waals surface area (Å²) in [5, 5.41) is 8.09. The maximum Gasteiger partial charge on any atom is 0.225 e. The third kappa shape index (κ3) is 3.26. The van der Waals surface area contributed by atoms with E-state index in [9.17, 15) is 8.78 Å². The van der Waals surface area contributed by atoms with Crippen LogP contribution in [0.25, 0.3) is 28.0 Å². The van der Waals surface area contributed by atoms with Crippen LogP contribution in [-0.2, 0) is 0 Å². The smallest absolute Gasteiger partial charge is 0.225 e. The number of hydrogen-bond donors (Lipinski definition) is 2. The van der Waals surface area contributed by atoms with Gasteiger partial charge in [-0.3, -0.25) is 0 Å². The quantitative estimate of drug-likeness (QED) is 0.533. The molecule has 8 heteroatoms. The highest BCUT2D eigenvalue weighted by Crippen LogP contribution is 2.34. The Labute approximate surface area is 165 Å². The molecule has 1 fully saturated rings. The number of hydrogen-bond acceptors (Lipinski definition) is 5. The zero-order chi connectivity index (χ0) is 20.0. The monoisotopic (exact) mass is 392 g/mol. The van der Waals surface area contributed by atoms with Gasteiger partial charge in [-0.1, -0.05) is 18.2 Å². The van der Waals surface area contributed by atoms with Gasteiger partial charge in [-0.2, -0.15) is 4.98 Å². The van der Waals surface area contributed by atoms with Crippen LogP contribution in [0.5, 0.6) is 0 Å². The van der Waals surface area contributed by atoms with E-state index in [1.165, 1.54) is 35.7 Å². The lowest BCUT2D eigenvalue weighted by Crippen LogP contribution is -2.08. The number of halogens is 2. The molecule has 2 aromatic heterocycles. The molecule has 2 aromatic carbocycles. The molecule has 146 valence electrons. The fraction of sp³-hybridized carbons (Fsp3) is 0.190. The zero-order valence-electron chi connectivity index (χ0n) is 15.4. The summed E-state index contributed by atoms with van der Waals surface area (Å²) in [4.78, 5) is 9.02. The summed E-state index contributed by atoms with van der Waals surface area (Å²) in [6, 6.07) is 12.3. The van der Waals surface area contributed by atoms with E-state index in [2.05, 4.69) is 20.4 Å². The highest BCUT2D eigenvalue weighted by atomic mass is 19.1. The van der Waals surface area contributed by atoms with E-state index in [1.54, 1.807) is 30.3 Å². The molecule has 29 heavy (non-hydrogen) atoms. The molecule has 0 atom stereocenters. The van der Waals surface area contributed by atoms with E-state index < -0.39 is 11.6 Å². The summed E-state index contributed by atoms with van der Waals surface area (Å²) in [7, 11) is 0. The minimum Gasteiger partial charge on any atom is -0.383 e. The zero-order valence-corrected chi connectivity index (χ0v) is 15.4. The molecule has 6 nitrogen and oxygen atoms in total. The van der Waals surface area contributed by atoms with Gasteiger partial charge in [0.1, 0.15) is 17.5 Å². The third-order valence-electron chi connectivity index (χ3n) is 5.00. The average Bonchev–Trinajstić information content (AvgIpc) is 3.49. The molecular formula is C21H18F2N6. The third-order valence-corrected chi connectivity index (χ3v) is 5.00. The Hall–Kier alpha value is -3.55. The molecule has 1 saturated carbocycles. The fourth-order valence-corrected chi connectivity index (χ4v) is 3.30. The Morgan fingerprint density at radius 1 is 1.07 bits per heavy atom. The first-order valence-corrected chi connectivity index (χ1v) is 9.41. The van der Waals surface area contributed by atoms with Gasteiger partial charge in [0, 0.05) is 12.1 Å². The number of nitrogens with two attached hydrogens (primary N) is 1. The Balaban J connectivity index is 1.72. The van der Waals surface area contributed by atoms with Crippen LogP contribution in [0, 0.1) is 17.6 Å². The highest BCUT2D eigenvalue weighted by molar-refractivity contribution is 5.99. The van der Waals surface area contributed by atoms with Crippen LogP contribution < -0.4 is 11.1 Å². The van der Waals surface area contributed by atoms with Gasteiger partial charge in [0.2, 0.25) is 5.95 Å². The first kappa shape index (κ1) is 17.5. The van der Waals surface area contributed by atoms with Gasteiger partial charge in [-0.05, 0) is 49.1 Å². The van der Waals surface area contributed by atoms with Crippen molar-refractivity contribution in [3.63, 3.8) is 0 Å². The van der Waals surface area contributed by atoms with Crippen LogP contribution >= 0.6 is 0 Å². The Morgan fingerprint density at radius 3 is 2.66 bits per heavy atom. The number of rotatable bonds is 5. The first-order valence-electron chi connectivity index (χ1n) is 9.41. The molecule has 2 heterocycles. The van der Waals surface area contributed by atoms with Crippen molar-refractivity contribution < 1.29 is 8.78 Å². The van der Waals surface area contributed by atoms with Gasteiger partial charge in [-0.25, -0.2) is 18.4 Å². The van der Waals surface area contributed by atoms with E-state index in [-0.39, 0.29) is 5.82 Å². The van der Waals surface area contributed by atoms with Gasteiger partial charge in [0.05, 0.1) is 16.8 Å². The summed E-state index contributed by atoms with van der Waals surface area (Å²) in [5.74, 6) is 0.373. The molecule has 3 N–H and O–H groups in total. The number of benzene rings is 2. The molecule has 0 radical (unpaired) electrons. The lowest BCUT2D eigenvalue weighted by Gasteiger charge is -2.09. The minimum atomic E-state index is -0.418. The summed E-state index contributed by atoms with van der Waals surface area (Å²) < 4.78 is 29.7. The van der Waals surface area contributed by atoms with Crippen molar-refractivity contribution in [3.8, 4) is 16.9 Å². The van der Waals surface area contributed by atoms with Crippen LogP contribution in [0.15, 0.2) is 48.5 Å². The predicted octanol–water partition coefficient (Wildman–Crippen LogP) is 4.16. The van der Waals surface area contributed by atoms with Crippen LogP contribution in [0.3, 0.4) is 0 Å². The second-order valence-electron chi connectivity index (χ2n) is 7.18. The van der Waals surface area contributed by atoms with Crippen LogP contribution in [0.2, 0.25) is 0 Å². The van der Waals surface area contributed by atoms with Crippen molar-refractivity contribution >= 4 is 22.8 Å². The van der Waals surface area contributed by atoms with Crippen LogP contribution in [0.1, 0.15) is 12.8 Å². The average molecular weight is 392 g/mol. The molecule has 0 unspecified atom stereocenters. The van der Waals surface area contributed by atoms with E-state index in [0.29, 0.717) is 39.8 Å². The van der Waals surface area contributed by atoms with Crippen molar-refractivity contribution in [2.75, 3.05) is 17.6 Å². The molecular weight excluding hydrogens is 374 g/mol. The van der Waals surface area contributed by atoms with Gasteiger partial charge >= 0.3 is 0 Å². The van der Waals surface area contributed by atoms with Crippen molar-refractivity contribution in [1.82, 2.24) is 19.7 Å². The molecule has 5 rings (SSSR count). The standard InChI is InChI=1S/C21H18F2N6/c22-13-4-3-5-14(10-13)29-19(24)17-18(15-6-1-2-7-16(15)23)26-21(27-20(17)28-29)25-11-12-8-9-12/h1-7,10,12H,8-9,11,24H2,(H,25,27,28). The number of nitrogens with zero attached hydrogens (tertiary/aromatic N) is 4. The second kappa shape index (κ2) is 6.80. The summed E-state index contributed by atoms with van der Waals surface area (Å²) in [6.07, 6.45) is 2.35. The molecule has 1 aliphatic carbocycles. The molecule has 0 amide bonds. The fourth-order valence-electron chi connectivity index (χ4n) is 3.30. The van der Waals surface area contributed by atoms with Crippen LogP contribution in [0.4, 0.5) is 20.5 Å². The van der Waals surface area contributed by atoms with E-state index in [4.69, 9.17) is 5.73 Å². The summed E-state index contributed by atoms with van der Waals surface area (Å²) in [6.45, 7) is 0.752. The van der Waals surface area contributed by atoms with Crippen molar-refractivity contribution in [3.05, 3.63) is 60.2 Å². The Kier molecular flexibility index (Phi) is 4.12. The van der Waals surface area contributed by atoms with E-state index in [1.807, 2.05) is 0 Å². The van der Waals surface area contributed by atoms with Crippen molar-refractivity contribution in [2.45, 2.75) is 12.8 Å². The molecule has 0 spiro atoms. The van der Waals surface area contributed by atoms with Gasteiger partial charge in [0.25, 0.3) is 0 Å². The number of fused-ring (bicyclic) bond motifs is 1. The lowest BCUT2D eigenvalue weighted by atomic mass is 10.1. The predicted molar refractivity (Wildman–Crippen MR) is 108 cm³/mol. The van der Waals surface area contributed by atoms with Crippen LogP contribution in [-0.4, -0.2) is 26.3 Å². The number of aromatic nitrogens is 4. The first-order chi connectivity index (χ1) is 14.1. The number of nitrogens with one attached hydrogen (secondary N) is 1. The highest BCUT2D eigenvalue weighted by Gasteiger charge is 2.23.